The van der Waals surface area contributed by atoms with Crippen LogP contribution in [0.25, 0.3) is 96.8 Å². The van der Waals surface area contributed by atoms with E-state index in [2.05, 4.69) is 193 Å². The number of aromatic nitrogens is 1. The zero-order chi connectivity index (χ0) is 40.9. The SMILES string of the molecule is CC1CC=C(c2cc3c(cc2-n2c4cc5ccccc5cc4c4c5ccccc5ccc42)oc2ccccc23)N=C(c2ccccc2)N=C1c1ccc2c(c1)sc1ccccc12. The molecule has 1 aliphatic rings. The van der Waals surface area contributed by atoms with Crippen LogP contribution in [-0.2, 0) is 0 Å². The van der Waals surface area contributed by atoms with Crippen LogP contribution in [0.15, 0.2) is 202 Å². The van der Waals surface area contributed by atoms with E-state index in [1.165, 1.54) is 52.5 Å². The third-order valence-corrected chi connectivity index (χ3v) is 14.0. The van der Waals surface area contributed by atoms with Crippen LogP contribution in [0.1, 0.15) is 30.0 Å². The molecule has 1 atom stereocenters. The van der Waals surface area contributed by atoms with Gasteiger partial charge in [0, 0.05) is 64.8 Å². The number of hydrogen-bond donors (Lipinski definition) is 0. The minimum absolute atomic E-state index is 0.110. The van der Waals surface area contributed by atoms with Crippen LogP contribution in [0, 0.1) is 5.92 Å². The van der Waals surface area contributed by atoms with E-state index in [0.29, 0.717) is 5.84 Å². The fourth-order valence-electron chi connectivity index (χ4n) is 9.81. The highest BCUT2D eigenvalue weighted by molar-refractivity contribution is 7.25. The van der Waals surface area contributed by atoms with Gasteiger partial charge in [-0.1, -0.05) is 146 Å². The average molecular weight is 812 g/mol. The molecule has 0 saturated heterocycles. The Kier molecular flexibility index (Phi) is 7.78. The number of thiophene rings is 1. The molecule has 4 heterocycles. The second-order valence-corrected chi connectivity index (χ2v) is 17.6. The van der Waals surface area contributed by atoms with Gasteiger partial charge < -0.3 is 8.98 Å². The average Bonchev–Trinajstić information content (AvgIpc) is 3.98. The molecule has 1 aliphatic heterocycles. The van der Waals surface area contributed by atoms with Gasteiger partial charge in [0.15, 0.2) is 5.84 Å². The smallest absolute Gasteiger partial charge is 0.160 e. The van der Waals surface area contributed by atoms with Gasteiger partial charge in [-0.05, 0) is 76.0 Å². The predicted octanol–water partition coefficient (Wildman–Crippen LogP) is 15.7. The molecule has 0 radical (unpaired) electrons. The Morgan fingerprint density at radius 3 is 2.11 bits per heavy atom. The molecule has 3 aromatic heterocycles. The highest BCUT2D eigenvalue weighted by atomic mass is 32.1. The van der Waals surface area contributed by atoms with E-state index in [1.807, 2.05) is 17.4 Å². The number of aliphatic imine (C=N–C) groups is 2. The summed E-state index contributed by atoms with van der Waals surface area (Å²) in [5.74, 6) is 0.802. The Labute approximate surface area is 361 Å². The minimum Gasteiger partial charge on any atom is -0.456 e. The highest BCUT2D eigenvalue weighted by Crippen LogP contribution is 2.43. The van der Waals surface area contributed by atoms with Gasteiger partial charge in [0.1, 0.15) is 11.2 Å². The van der Waals surface area contributed by atoms with Crippen LogP contribution < -0.4 is 0 Å². The number of nitrogens with zero attached hydrogens (tertiary/aromatic N) is 3. The van der Waals surface area contributed by atoms with Crippen LogP contribution >= 0.6 is 11.3 Å². The van der Waals surface area contributed by atoms with E-state index >= 15 is 0 Å². The summed E-state index contributed by atoms with van der Waals surface area (Å²) in [6, 6.07) is 65.5. The minimum atomic E-state index is 0.110. The molecule has 0 spiro atoms. The quantitative estimate of drug-likeness (QED) is 0.175. The van der Waals surface area contributed by atoms with E-state index in [4.69, 9.17) is 14.4 Å². The Morgan fingerprint density at radius 1 is 0.516 bits per heavy atom. The van der Waals surface area contributed by atoms with Crippen molar-refractivity contribution in [3.8, 4) is 5.69 Å². The number of rotatable bonds is 4. The fourth-order valence-corrected chi connectivity index (χ4v) is 11.0. The van der Waals surface area contributed by atoms with Crippen molar-refractivity contribution < 1.29 is 4.42 Å². The van der Waals surface area contributed by atoms with Crippen molar-refractivity contribution in [2.24, 2.45) is 15.9 Å². The number of furan rings is 1. The molecule has 12 aromatic rings. The molecule has 9 aromatic carbocycles. The first kappa shape index (κ1) is 35.2. The lowest BCUT2D eigenvalue weighted by Crippen LogP contribution is -2.17. The maximum Gasteiger partial charge on any atom is 0.160 e. The van der Waals surface area contributed by atoms with Crippen molar-refractivity contribution >= 4 is 114 Å². The van der Waals surface area contributed by atoms with Crippen LogP contribution in [0.4, 0.5) is 0 Å². The van der Waals surface area contributed by atoms with Crippen molar-refractivity contribution in [1.29, 1.82) is 0 Å². The zero-order valence-electron chi connectivity index (χ0n) is 33.8. The first-order chi connectivity index (χ1) is 30.6. The third-order valence-electron chi connectivity index (χ3n) is 12.8. The van der Waals surface area contributed by atoms with Gasteiger partial charge in [-0.15, -0.1) is 11.3 Å². The maximum atomic E-state index is 6.67. The molecule has 0 bridgehead atoms. The summed E-state index contributed by atoms with van der Waals surface area (Å²) in [5, 5.41) is 12.0. The summed E-state index contributed by atoms with van der Waals surface area (Å²) in [4.78, 5) is 11.2. The van der Waals surface area contributed by atoms with Crippen molar-refractivity contribution in [3.63, 3.8) is 0 Å². The maximum absolute atomic E-state index is 6.67. The van der Waals surface area contributed by atoms with E-state index in [-0.39, 0.29) is 5.92 Å². The third kappa shape index (κ3) is 5.45. The number of para-hydroxylation sites is 1. The standard InChI is InChI=1S/C57H37N3OS/c1-34-23-27-47(58-57(36-14-3-2-4-15-36)59-56(34)39-24-26-43-42-20-10-12-22-53(42)62-54(43)31-39)45-32-44-41-19-9-11-21-51(41)61-52(44)33-50(45)60-48-28-25-35-13-7-8-18-40(35)55(48)46-29-37-16-5-6-17-38(37)30-49(46)60/h2-22,24-34H,23H2,1H3. The van der Waals surface area contributed by atoms with E-state index in [0.717, 1.165) is 73.2 Å². The lowest BCUT2D eigenvalue weighted by atomic mass is 9.92. The van der Waals surface area contributed by atoms with Gasteiger partial charge in [0.25, 0.3) is 0 Å². The Bertz CT molecular complexity index is 3920. The zero-order valence-corrected chi connectivity index (χ0v) is 34.7. The summed E-state index contributed by atoms with van der Waals surface area (Å²) in [6.45, 7) is 2.30. The van der Waals surface area contributed by atoms with E-state index in [9.17, 15) is 0 Å². The molecular formula is C57H37N3OS. The summed E-state index contributed by atoms with van der Waals surface area (Å²) in [5.41, 5.74) is 10.0. The second kappa shape index (κ2) is 13.7. The van der Waals surface area contributed by atoms with Crippen molar-refractivity contribution in [1.82, 2.24) is 4.57 Å². The Morgan fingerprint density at radius 2 is 1.24 bits per heavy atom. The van der Waals surface area contributed by atoms with Gasteiger partial charge in [-0.3, -0.25) is 0 Å². The molecule has 62 heavy (non-hydrogen) atoms. The molecule has 0 aliphatic carbocycles. The lowest BCUT2D eigenvalue weighted by Gasteiger charge is -2.20. The first-order valence-electron chi connectivity index (χ1n) is 21.3. The highest BCUT2D eigenvalue weighted by Gasteiger charge is 2.24. The molecule has 13 rings (SSSR count). The van der Waals surface area contributed by atoms with Gasteiger partial charge in [0.05, 0.1) is 28.1 Å². The molecule has 5 heteroatoms. The molecule has 292 valence electrons. The normalized spacial score (nSPS) is 14.9. The van der Waals surface area contributed by atoms with Gasteiger partial charge in [-0.25, -0.2) is 9.98 Å². The number of hydrogen-bond acceptors (Lipinski definition) is 4. The monoisotopic (exact) mass is 811 g/mol. The number of allylic oxidation sites excluding steroid dienone is 1. The molecule has 0 saturated carbocycles. The largest absolute Gasteiger partial charge is 0.456 e. The number of benzene rings is 9. The predicted molar refractivity (Wildman–Crippen MR) is 264 cm³/mol. The molecule has 1 unspecified atom stereocenters. The molecule has 0 N–H and O–H groups in total. The van der Waals surface area contributed by atoms with Gasteiger partial charge in [0.2, 0.25) is 0 Å². The molecule has 4 nitrogen and oxygen atoms in total. The molecule has 0 amide bonds. The van der Waals surface area contributed by atoms with Crippen molar-refractivity contribution in [2.45, 2.75) is 13.3 Å². The Balaban J connectivity index is 1.09. The lowest BCUT2D eigenvalue weighted by molar-refractivity contribution is 0.668. The molecular weight excluding hydrogens is 775 g/mol. The van der Waals surface area contributed by atoms with Gasteiger partial charge >= 0.3 is 0 Å². The summed E-state index contributed by atoms with van der Waals surface area (Å²) < 4.78 is 11.7. The molecule has 0 fully saturated rings. The van der Waals surface area contributed by atoms with E-state index < -0.39 is 0 Å². The summed E-state index contributed by atoms with van der Waals surface area (Å²) in [7, 11) is 0. The first-order valence-corrected chi connectivity index (χ1v) is 22.1. The van der Waals surface area contributed by atoms with Crippen molar-refractivity contribution in [3.05, 3.63) is 205 Å². The van der Waals surface area contributed by atoms with Gasteiger partial charge in [-0.2, -0.15) is 0 Å². The Hall–Kier alpha value is -7.60. The van der Waals surface area contributed by atoms with Crippen LogP contribution in [0.5, 0.6) is 0 Å². The number of amidine groups is 1. The van der Waals surface area contributed by atoms with E-state index in [1.54, 1.807) is 0 Å². The number of fused-ring (bicyclic) bond motifs is 12. The van der Waals surface area contributed by atoms with Crippen LogP contribution in [0.2, 0.25) is 0 Å². The topological polar surface area (TPSA) is 42.8 Å². The van der Waals surface area contributed by atoms with Crippen LogP contribution in [-0.4, -0.2) is 16.1 Å². The van der Waals surface area contributed by atoms with Crippen molar-refractivity contribution in [2.75, 3.05) is 0 Å². The second-order valence-electron chi connectivity index (χ2n) is 16.5. The van der Waals surface area contributed by atoms with Crippen LogP contribution in [0.3, 0.4) is 0 Å². The summed E-state index contributed by atoms with van der Waals surface area (Å²) in [6.07, 6.45) is 3.10. The fraction of sp³-hybridized carbons (Fsp3) is 0.0526. The summed E-state index contributed by atoms with van der Waals surface area (Å²) >= 11 is 1.84.